The number of carbonyl (C=O) groups excluding carboxylic acids is 1. The lowest BCUT2D eigenvalue weighted by atomic mass is 10.1. The van der Waals surface area contributed by atoms with E-state index in [0.717, 1.165) is 30.6 Å². The first-order valence-corrected chi connectivity index (χ1v) is 6.28. The number of fused-ring (bicyclic) bond motifs is 1. The third kappa shape index (κ3) is 2.51. The zero-order valence-corrected chi connectivity index (χ0v) is 10.3. The Bertz CT molecular complexity index is 672. The molecule has 19 heavy (non-hydrogen) atoms. The molecule has 1 saturated heterocycles. The van der Waals surface area contributed by atoms with E-state index in [-0.39, 0.29) is 17.5 Å². The Kier molecular flexibility index (Phi) is 3.05. The van der Waals surface area contributed by atoms with Crippen LogP contribution < -0.4 is 16.3 Å². The number of hydrogen-bond donors (Lipinski definition) is 2. The topological polar surface area (TPSA) is 71.3 Å². The second kappa shape index (κ2) is 4.85. The Morgan fingerprint density at radius 1 is 1.32 bits per heavy atom. The predicted octanol–water partition coefficient (Wildman–Crippen LogP) is 1.34. The van der Waals surface area contributed by atoms with Gasteiger partial charge in [0.15, 0.2) is 0 Å². The second-order valence-electron chi connectivity index (χ2n) is 4.69. The highest BCUT2D eigenvalue weighted by Gasteiger charge is 2.22. The van der Waals surface area contributed by atoms with Gasteiger partial charge in [0.25, 0.3) is 0 Å². The van der Waals surface area contributed by atoms with Crippen LogP contribution in [-0.4, -0.2) is 19.0 Å². The Balaban J connectivity index is 1.83. The minimum atomic E-state index is -0.374. The molecule has 5 heteroatoms. The number of amides is 1. The van der Waals surface area contributed by atoms with Crippen LogP contribution in [0, 0.1) is 5.92 Å². The molecule has 1 aliphatic heterocycles. The maximum Gasteiger partial charge on any atom is 0.336 e. The predicted molar refractivity (Wildman–Crippen MR) is 72.1 cm³/mol. The van der Waals surface area contributed by atoms with Crippen molar-refractivity contribution in [2.24, 2.45) is 5.92 Å². The summed E-state index contributed by atoms with van der Waals surface area (Å²) in [6.07, 6.45) is 0.869. The molecule has 98 valence electrons. The van der Waals surface area contributed by atoms with Gasteiger partial charge in [-0.2, -0.15) is 0 Å². The van der Waals surface area contributed by atoms with Crippen LogP contribution in [0.15, 0.2) is 39.5 Å². The van der Waals surface area contributed by atoms with Gasteiger partial charge in [0.2, 0.25) is 5.91 Å². The van der Waals surface area contributed by atoms with Crippen LogP contribution in [-0.2, 0) is 4.79 Å². The van der Waals surface area contributed by atoms with Crippen molar-refractivity contribution in [1.82, 2.24) is 5.32 Å². The van der Waals surface area contributed by atoms with Crippen LogP contribution in [0.5, 0.6) is 0 Å². The lowest BCUT2D eigenvalue weighted by molar-refractivity contribution is -0.119. The summed E-state index contributed by atoms with van der Waals surface area (Å²) in [5, 5.41) is 6.85. The first-order chi connectivity index (χ1) is 9.22. The third-order valence-corrected chi connectivity index (χ3v) is 3.32. The molecular weight excluding hydrogens is 244 g/mol. The minimum absolute atomic E-state index is 0.0294. The smallest absolute Gasteiger partial charge is 0.336 e. The van der Waals surface area contributed by atoms with Crippen molar-refractivity contribution in [3.8, 4) is 0 Å². The third-order valence-electron chi connectivity index (χ3n) is 3.32. The monoisotopic (exact) mass is 258 g/mol. The van der Waals surface area contributed by atoms with E-state index in [1.54, 1.807) is 24.3 Å². The van der Waals surface area contributed by atoms with Crippen molar-refractivity contribution < 1.29 is 9.21 Å². The van der Waals surface area contributed by atoms with Crippen molar-refractivity contribution in [2.45, 2.75) is 6.42 Å². The number of hydrogen-bond acceptors (Lipinski definition) is 4. The molecule has 1 atom stereocenters. The molecule has 3 rings (SSSR count). The highest BCUT2D eigenvalue weighted by molar-refractivity contribution is 5.95. The van der Waals surface area contributed by atoms with E-state index in [1.807, 2.05) is 0 Å². The maximum absolute atomic E-state index is 12.0. The second-order valence-corrected chi connectivity index (χ2v) is 4.69. The van der Waals surface area contributed by atoms with E-state index in [4.69, 9.17) is 4.42 Å². The zero-order chi connectivity index (χ0) is 13.2. The molecule has 0 saturated carbocycles. The molecule has 1 aliphatic rings. The summed E-state index contributed by atoms with van der Waals surface area (Å²) in [5.41, 5.74) is 0.868. The fraction of sp³-hybridized carbons (Fsp3) is 0.286. The van der Waals surface area contributed by atoms with E-state index in [2.05, 4.69) is 10.6 Å². The average molecular weight is 258 g/mol. The molecule has 0 bridgehead atoms. The Morgan fingerprint density at radius 2 is 2.21 bits per heavy atom. The van der Waals surface area contributed by atoms with E-state index >= 15 is 0 Å². The summed E-state index contributed by atoms with van der Waals surface area (Å²) in [5.74, 6) is 0.0612. The van der Waals surface area contributed by atoms with Crippen LogP contribution in [0.3, 0.4) is 0 Å². The fourth-order valence-electron chi connectivity index (χ4n) is 2.27. The highest BCUT2D eigenvalue weighted by Crippen LogP contribution is 2.19. The first-order valence-electron chi connectivity index (χ1n) is 6.28. The largest absolute Gasteiger partial charge is 0.423 e. The molecular formula is C14H14N2O3. The van der Waals surface area contributed by atoms with Crippen LogP contribution in [0.2, 0.25) is 0 Å². The molecule has 5 nitrogen and oxygen atoms in total. The minimum Gasteiger partial charge on any atom is -0.423 e. The van der Waals surface area contributed by atoms with Crippen molar-refractivity contribution in [1.29, 1.82) is 0 Å². The number of nitrogens with one attached hydrogen (secondary N) is 2. The first kappa shape index (κ1) is 11.9. The van der Waals surface area contributed by atoms with E-state index in [9.17, 15) is 9.59 Å². The summed E-state index contributed by atoms with van der Waals surface area (Å²) >= 11 is 0. The zero-order valence-electron chi connectivity index (χ0n) is 10.3. The van der Waals surface area contributed by atoms with Gasteiger partial charge < -0.3 is 15.1 Å². The quantitative estimate of drug-likeness (QED) is 0.797. The molecule has 1 amide bonds. The van der Waals surface area contributed by atoms with Crippen LogP contribution in [0.25, 0.3) is 11.0 Å². The van der Waals surface area contributed by atoms with Crippen molar-refractivity contribution in [2.75, 3.05) is 18.4 Å². The van der Waals surface area contributed by atoms with Crippen LogP contribution in [0.4, 0.5) is 5.69 Å². The number of rotatable bonds is 2. The summed E-state index contributed by atoms with van der Waals surface area (Å²) < 4.78 is 5.04. The number of anilines is 1. The van der Waals surface area contributed by atoms with Gasteiger partial charge in [-0.15, -0.1) is 0 Å². The normalized spacial score (nSPS) is 18.6. The molecule has 1 fully saturated rings. The molecule has 0 aliphatic carbocycles. The van der Waals surface area contributed by atoms with Gasteiger partial charge in [-0.05, 0) is 37.2 Å². The summed E-state index contributed by atoms with van der Waals surface area (Å²) in [6, 6.07) is 8.30. The summed E-state index contributed by atoms with van der Waals surface area (Å²) in [7, 11) is 0. The number of carbonyl (C=O) groups is 1. The standard InChI is InChI=1S/C14H14N2O3/c17-13-4-1-9-7-11(2-3-12(9)19-13)16-14(18)10-5-6-15-8-10/h1-4,7,10,15H,5-6,8H2,(H,16,18). The van der Waals surface area contributed by atoms with Crippen LogP contribution in [0.1, 0.15) is 6.42 Å². The molecule has 1 aromatic heterocycles. The van der Waals surface area contributed by atoms with E-state index in [1.165, 1.54) is 6.07 Å². The maximum atomic E-state index is 12.0. The van der Waals surface area contributed by atoms with Crippen LogP contribution >= 0.6 is 0 Å². The van der Waals surface area contributed by atoms with Gasteiger partial charge >= 0.3 is 5.63 Å². The van der Waals surface area contributed by atoms with Gasteiger partial charge in [0.05, 0.1) is 5.92 Å². The lowest BCUT2D eigenvalue weighted by Gasteiger charge is -2.10. The molecule has 2 aromatic rings. The molecule has 0 spiro atoms. The average Bonchev–Trinajstić information content (AvgIpc) is 2.93. The van der Waals surface area contributed by atoms with Gasteiger partial charge in [-0.3, -0.25) is 4.79 Å². The van der Waals surface area contributed by atoms with Crippen molar-refractivity contribution in [3.05, 3.63) is 40.8 Å². The SMILES string of the molecule is O=C(Nc1ccc2oc(=O)ccc2c1)C1CCNC1. The molecule has 1 aromatic carbocycles. The van der Waals surface area contributed by atoms with Crippen molar-refractivity contribution >= 4 is 22.6 Å². The van der Waals surface area contributed by atoms with Gasteiger partial charge in [-0.25, -0.2) is 4.79 Å². The molecule has 0 radical (unpaired) electrons. The van der Waals surface area contributed by atoms with Gasteiger partial charge in [0.1, 0.15) is 5.58 Å². The van der Waals surface area contributed by atoms with E-state index in [0.29, 0.717) is 5.58 Å². The highest BCUT2D eigenvalue weighted by atomic mass is 16.4. The lowest BCUT2D eigenvalue weighted by Crippen LogP contribution is -2.24. The molecule has 2 heterocycles. The Hall–Kier alpha value is -2.14. The van der Waals surface area contributed by atoms with Crippen molar-refractivity contribution in [3.63, 3.8) is 0 Å². The fourth-order valence-corrected chi connectivity index (χ4v) is 2.27. The molecule has 1 unspecified atom stereocenters. The number of benzene rings is 1. The summed E-state index contributed by atoms with van der Waals surface area (Å²) in [6.45, 7) is 1.62. The van der Waals surface area contributed by atoms with Gasteiger partial charge in [0, 0.05) is 23.7 Å². The molecule has 2 N–H and O–H groups in total. The summed E-state index contributed by atoms with van der Waals surface area (Å²) in [4.78, 5) is 23.1. The van der Waals surface area contributed by atoms with Gasteiger partial charge in [-0.1, -0.05) is 0 Å². The Labute approximate surface area is 109 Å². The Morgan fingerprint density at radius 3 is 3.00 bits per heavy atom. The van der Waals surface area contributed by atoms with E-state index < -0.39 is 0 Å².